The lowest BCUT2D eigenvalue weighted by Crippen LogP contribution is -2.54. The smallest absolute Gasteiger partial charge is 0.377 e. The summed E-state index contributed by atoms with van der Waals surface area (Å²) in [5.74, 6) is 0.910. The van der Waals surface area contributed by atoms with E-state index in [9.17, 15) is 0 Å². The van der Waals surface area contributed by atoms with Crippen molar-refractivity contribution in [3.63, 3.8) is 0 Å². The quantitative estimate of drug-likeness (QED) is 0.600. The van der Waals surface area contributed by atoms with Crippen LogP contribution in [0.15, 0.2) is 0 Å². The number of rotatable bonds is 5. The van der Waals surface area contributed by atoms with Gasteiger partial charge in [-0.25, -0.2) is 0 Å². The lowest BCUT2D eigenvalue weighted by molar-refractivity contribution is -0.0339. The molecular formula is C10H22O3SSi. The van der Waals surface area contributed by atoms with Gasteiger partial charge in [-0.15, -0.1) is 0 Å². The Hall–Kier alpha value is 0.447. The molecule has 5 heteroatoms. The lowest BCUT2D eigenvalue weighted by Gasteiger charge is -2.42. The molecule has 0 aromatic carbocycles. The third kappa shape index (κ3) is 3.46. The fraction of sp³-hybridized carbons (Fsp3) is 1.00. The molecule has 1 rings (SSSR count). The molecular weight excluding hydrogens is 228 g/mol. The van der Waals surface area contributed by atoms with Crippen LogP contribution in [0.4, 0.5) is 0 Å². The molecule has 1 saturated heterocycles. The summed E-state index contributed by atoms with van der Waals surface area (Å²) in [7, 11) is 1.05. The largest absolute Gasteiger partial charge is 0.500 e. The SMILES string of the molecule is CO[Si]1(OC)CCCC(C)(CCCS)O1. The van der Waals surface area contributed by atoms with Gasteiger partial charge in [-0.3, -0.25) is 0 Å². The molecule has 1 unspecified atom stereocenters. The molecule has 1 heterocycles. The van der Waals surface area contributed by atoms with Gasteiger partial charge in [-0.1, -0.05) is 0 Å². The Morgan fingerprint density at radius 3 is 2.60 bits per heavy atom. The molecule has 1 aliphatic heterocycles. The summed E-state index contributed by atoms with van der Waals surface area (Å²) in [4.78, 5) is 0. The molecule has 1 aliphatic rings. The summed E-state index contributed by atoms with van der Waals surface area (Å²) in [6, 6.07) is 0.941. The van der Waals surface area contributed by atoms with E-state index < -0.39 is 8.80 Å². The molecule has 0 N–H and O–H groups in total. The van der Waals surface area contributed by atoms with Crippen molar-refractivity contribution in [1.82, 2.24) is 0 Å². The zero-order chi connectivity index (χ0) is 11.4. The van der Waals surface area contributed by atoms with Crippen LogP contribution >= 0.6 is 12.6 Å². The summed E-state index contributed by atoms with van der Waals surface area (Å²) in [6.45, 7) is 2.16. The zero-order valence-electron chi connectivity index (χ0n) is 9.91. The molecule has 0 radical (unpaired) electrons. The van der Waals surface area contributed by atoms with Crippen LogP contribution in [0.25, 0.3) is 0 Å². The number of thiol groups is 1. The first kappa shape index (κ1) is 13.5. The third-order valence-corrected chi connectivity index (χ3v) is 6.41. The second kappa shape index (κ2) is 5.68. The average Bonchev–Trinajstić information content (AvgIpc) is 2.26. The van der Waals surface area contributed by atoms with Crippen LogP contribution in [0.5, 0.6) is 0 Å². The molecule has 0 aromatic heterocycles. The van der Waals surface area contributed by atoms with Crippen molar-refractivity contribution in [2.24, 2.45) is 0 Å². The predicted octanol–water partition coefficient (Wildman–Crippen LogP) is 2.50. The van der Waals surface area contributed by atoms with E-state index in [1.165, 1.54) is 0 Å². The summed E-state index contributed by atoms with van der Waals surface area (Å²) < 4.78 is 17.1. The van der Waals surface area contributed by atoms with E-state index >= 15 is 0 Å². The first-order chi connectivity index (χ1) is 7.10. The maximum Gasteiger partial charge on any atom is 0.500 e. The molecule has 0 aliphatic carbocycles. The summed E-state index contributed by atoms with van der Waals surface area (Å²) >= 11 is 4.24. The maximum atomic E-state index is 6.12. The molecule has 15 heavy (non-hydrogen) atoms. The van der Waals surface area contributed by atoms with E-state index in [-0.39, 0.29) is 5.60 Å². The van der Waals surface area contributed by atoms with Gasteiger partial charge in [0, 0.05) is 20.3 Å². The molecule has 1 fully saturated rings. The van der Waals surface area contributed by atoms with Crippen LogP contribution in [-0.4, -0.2) is 34.4 Å². The van der Waals surface area contributed by atoms with Crippen molar-refractivity contribution in [3.8, 4) is 0 Å². The number of hydrogen-bond acceptors (Lipinski definition) is 4. The van der Waals surface area contributed by atoms with Gasteiger partial charge < -0.3 is 13.3 Å². The Kier molecular flexibility index (Phi) is 5.12. The summed E-state index contributed by atoms with van der Waals surface area (Å²) in [6.07, 6.45) is 4.36. The highest BCUT2D eigenvalue weighted by molar-refractivity contribution is 7.80. The van der Waals surface area contributed by atoms with Crippen LogP contribution in [0.3, 0.4) is 0 Å². The molecule has 0 aromatic rings. The van der Waals surface area contributed by atoms with Crippen LogP contribution in [0.2, 0.25) is 6.04 Å². The fourth-order valence-electron chi connectivity index (χ4n) is 2.16. The first-order valence-corrected chi connectivity index (χ1v) is 8.07. The Morgan fingerprint density at radius 2 is 2.07 bits per heavy atom. The van der Waals surface area contributed by atoms with Gasteiger partial charge in [0.15, 0.2) is 0 Å². The van der Waals surface area contributed by atoms with E-state index in [4.69, 9.17) is 13.3 Å². The van der Waals surface area contributed by atoms with Crippen LogP contribution < -0.4 is 0 Å². The molecule has 0 amide bonds. The Morgan fingerprint density at radius 1 is 1.40 bits per heavy atom. The molecule has 3 nitrogen and oxygen atoms in total. The van der Waals surface area contributed by atoms with E-state index in [0.717, 1.165) is 37.5 Å². The van der Waals surface area contributed by atoms with Crippen LogP contribution in [-0.2, 0) is 13.3 Å². The summed E-state index contributed by atoms with van der Waals surface area (Å²) in [5, 5.41) is 0. The van der Waals surface area contributed by atoms with Gasteiger partial charge in [-0.05, 0) is 38.4 Å². The van der Waals surface area contributed by atoms with Crippen LogP contribution in [0, 0.1) is 0 Å². The Bertz CT molecular complexity index is 199. The van der Waals surface area contributed by atoms with Crippen LogP contribution in [0.1, 0.15) is 32.6 Å². The average molecular weight is 250 g/mol. The summed E-state index contributed by atoms with van der Waals surface area (Å²) in [5.41, 5.74) is -0.0702. The second-order valence-corrected chi connectivity index (χ2v) is 7.66. The zero-order valence-corrected chi connectivity index (χ0v) is 11.8. The normalized spacial score (nSPS) is 30.4. The Balaban J connectivity index is 2.60. The van der Waals surface area contributed by atoms with Gasteiger partial charge >= 0.3 is 8.80 Å². The van der Waals surface area contributed by atoms with Gasteiger partial charge in [0.2, 0.25) is 0 Å². The monoisotopic (exact) mass is 250 g/mol. The minimum absolute atomic E-state index is 0.0702. The van der Waals surface area contributed by atoms with E-state index in [2.05, 4.69) is 19.6 Å². The van der Waals surface area contributed by atoms with E-state index in [1.807, 2.05) is 0 Å². The molecule has 0 spiro atoms. The number of hydrogen-bond donors (Lipinski definition) is 1. The topological polar surface area (TPSA) is 27.7 Å². The second-order valence-electron chi connectivity index (χ2n) is 4.32. The fourth-order valence-corrected chi connectivity index (χ4v) is 4.72. The Labute approximate surface area is 99.3 Å². The van der Waals surface area contributed by atoms with Crippen molar-refractivity contribution < 1.29 is 13.3 Å². The molecule has 0 saturated carbocycles. The van der Waals surface area contributed by atoms with Crippen molar-refractivity contribution >= 4 is 21.4 Å². The van der Waals surface area contributed by atoms with Crippen molar-refractivity contribution in [2.45, 2.75) is 44.3 Å². The minimum atomic E-state index is -2.34. The van der Waals surface area contributed by atoms with Gasteiger partial charge in [0.25, 0.3) is 0 Å². The van der Waals surface area contributed by atoms with Gasteiger partial charge in [-0.2, -0.15) is 12.6 Å². The van der Waals surface area contributed by atoms with Gasteiger partial charge in [0.1, 0.15) is 0 Å². The van der Waals surface area contributed by atoms with Crippen molar-refractivity contribution in [1.29, 1.82) is 0 Å². The lowest BCUT2D eigenvalue weighted by atomic mass is 9.95. The maximum absolute atomic E-state index is 6.12. The molecule has 90 valence electrons. The van der Waals surface area contributed by atoms with Gasteiger partial charge in [0.05, 0.1) is 5.60 Å². The molecule has 0 bridgehead atoms. The van der Waals surface area contributed by atoms with E-state index in [0.29, 0.717) is 0 Å². The van der Waals surface area contributed by atoms with Crippen molar-refractivity contribution in [2.75, 3.05) is 20.0 Å². The van der Waals surface area contributed by atoms with E-state index in [1.54, 1.807) is 14.2 Å². The predicted molar refractivity (Wildman–Crippen MR) is 66.4 cm³/mol. The minimum Gasteiger partial charge on any atom is -0.377 e. The highest BCUT2D eigenvalue weighted by Crippen LogP contribution is 2.36. The third-order valence-electron chi connectivity index (χ3n) is 3.08. The molecule has 1 atom stereocenters. The first-order valence-electron chi connectivity index (χ1n) is 5.51. The standard InChI is InChI=1S/C10H22O3SSi/c1-10(6-4-8-14)7-5-9-15(11-2,12-3)13-10/h14H,4-9H2,1-3H3. The highest BCUT2D eigenvalue weighted by atomic mass is 32.1. The van der Waals surface area contributed by atoms with Crippen molar-refractivity contribution in [3.05, 3.63) is 0 Å². The highest BCUT2D eigenvalue weighted by Gasteiger charge is 2.48.